The summed E-state index contributed by atoms with van der Waals surface area (Å²) in [5.41, 5.74) is 4.01. The highest BCUT2D eigenvalue weighted by Gasteiger charge is 2.11. The summed E-state index contributed by atoms with van der Waals surface area (Å²) in [4.78, 5) is 12.5. The lowest BCUT2D eigenvalue weighted by Crippen LogP contribution is -2.08. The molecule has 168 valence electrons. The van der Waals surface area contributed by atoms with Gasteiger partial charge in [0.2, 0.25) is 0 Å². The zero-order valence-corrected chi connectivity index (χ0v) is 19.2. The van der Waals surface area contributed by atoms with E-state index >= 15 is 0 Å². The van der Waals surface area contributed by atoms with E-state index in [0.717, 1.165) is 43.2 Å². The molecule has 0 radical (unpaired) electrons. The summed E-state index contributed by atoms with van der Waals surface area (Å²) in [6.45, 7) is 4.35. The molecule has 0 bridgehead atoms. The second kappa shape index (κ2) is 12.2. The lowest BCUT2D eigenvalue weighted by molar-refractivity contribution is 0.0734. The van der Waals surface area contributed by atoms with Crippen molar-refractivity contribution < 1.29 is 13.9 Å². The number of carbonyl (C=O) groups is 1. The van der Waals surface area contributed by atoms with E-state index in [2.05, 4.69) is 13.8 Å². The number of esters is 1. The zero-order valence-electron chi connectivity index (χ0n) is 19.2. The lowest BCUT2D eigenvalue weighted by Gasteiger charge is -2.09. The molecule has 0 aliphatic heterocycles. The topological polar surface area (TPSA) is 26.3 Å². The molecule has 2 nitrogen and oxygen atoms in total. The predicted molar refractivity (Wildman–Crippen MR) is 130 cm³/mol. The third-order valence-corrected chi connectivity index (χ3v) is 5.74. The van der Waals surface area contributed by atoms with Crippen LogP contribution in [-0.4, -0.2) is 5.97 Å². The van der Waals surface area contributed by atoms with E-state index in [4.69, 9.17) is 4.74 Å². The van der Waals surface area contributed by atoms with Crippen molar-refractivity contribution in [2.24, 2.45) is 0 Å². The molecule has 3 aromatic rings. The molecular formula is C29H33FO2. The van der Waals surface area contributed by atoms with Crippen molar-refractivity contribution in [1.29, 1.82) is 0 Å². The fourth-order valence-corrected chi connectivity index (χ4v) is 3.78. The number of ether oxygens (including phenoxy) is 1. The van der Waals surface area contributed by atoms with Gasteiger partial charge in [0.05, 0.1) is 5.56 Å². The summed E-state index contributed by atoms with van der Waals surface area (Å²) in [5.74, 6) is -0.113. The number of benzene rings is 3. The summed E-state index contributed by atoms with van der Waals surface area (Å²) in [7, 11) is 0. The molecule has 0 aliphatic carbocycles. The monoisotopic (exact) mass is 432 g/mol. The second-order valence-electron chi connectivity index (χ2n) is 8.34. The molecule has 0 aliphatic rings. The number of hydrogen-bond acceptors (Lipinski definition) is 2. The minimum Gasteiger partial charge on any atom is -0.423 e. The van der Waals surface area contributed by atoms with Crippen molar-refractivity contribution in [2.45, 2.75) is 65.2 Å². The first kappa shape index (κ1) is 23.7. The summed E-state index contributed by atoms with van der Waals surface area (Å²) in [6.07, 6.45) is 8.92. The van der Waals surface area contributed by atoms with Crippen LogP contribution < -0.4 is 4.74 Å². The van der Waals surface area contributed by atoms with E-state index in [1.807, 2.05) is 36.4 Å². The quantitative estimate of drug-likeness (QED) is 0.173. The van der Waals surface area contributed by atoms with Gasteiger partial charge in [0.1, 0.15) is 11.6 Å². The van der Waals surface area contributed by atoms with Crippen LogP contribution in [0.2, 0.25) is 0 Å². The largest absolute Gasteiger partial charge is 0.423 e. The van der Waals surface area contributed by atoms with Crippen LogP contribution in [0.5, 0.6) is 5.75 Å². The fraction of sp³-hybridized carbons (Fsp3) is 0.345. The molecule has 0 amide bonds. The van der Waals surface area contributed by atoms with Gasteiger partial charge in [0.15, 0.2) is 0 Å². The molecule has 0 spiro atoms. The molecule has 0 heterocycles. The molecular weight excluding hydrogens is 399 g/mol. The molecule has 0 unspecified atom stereocenters. The van der Waals surface area contributed by atoms with E-state index in [-0.39, 0.29) is 5.82 Å². The average Bonchev–Trinajstić information content (AvgIpc) is 2.81. The first-order valence-corrected chi connectivity index (χ1v) is 11.8. The smallest absolute Gasteiger partial charge is 0.343 e. The number of halogens is 1. The van der Waals surface area contributed by atoms with Crippen LogP contribution in [0.4, 0.5) is 4.39 Å². The molecule has 32 heavy (non-hydrogen) atoms. The summed E-state index contributed by atoms with van der Waals surface area (Å²) in [5, 5.41) is 0. The van der Waals surface area contributed by atoms with Gasteiger partial charge in [-0.05, 0) is 72.7 Å². The Morgan fingerprint density at radius 1 is 0.750 bits per heavy atom. The van der Waals surface area contributed by atoms with Crippen molar-refractivity contribution >= 4 is 5.97 Å². The van der Waals surface area contributed by atoms with E-state index < -0.39 is 5.97 Å². The third kappa shape index (κ3) is 6.78. The van der Waals surface area contributed by atoms with Gasteiger partial charge in [-0.25, -0.2) is 9.18 Å². The fourth-order valence-electron chi connectivity index (χ4n) is 3.78. The lowest BCUT2D eigenvalue weighted by atomic mass is 9.99. The number of aryl methyl sites for hydroxylation is 2. The maximum Gasteiger partial charge on any atom is 0.343 e. The van der Waals surface area contributed by atoms with Gasteiger partial charge in [-0.2, -0.15) is 0 Å². The minimum atomic E-state index is -0.415. The van der Waals surface area contributed by atoms with Crippen LogP contribution in [0, 0.1) is 5.82 Å². The number of unbranched alkanes of at least 4 members (excludes halogenated alkanes) is 4. The number of hydrogen-bond donors (Lipinski definition) is 0. The van der Waals surface area contributed by atoms with E-state index in [9.17, 15) is 9.18 Å². The Labute approximate surface area is 191 Å². The van der Waals surface area contributed by atoms with Gasteiger partial charge in [0.25, 0.3) is 0 Å². The first-order chi connectivity index (χ1) is 15.6. The molecule has 0 N–H and O–H groups in total. The Hall–Kier alpha value is -2.94. The highest BCUT2D eigenvalue weighted by molar-refractivity contribution is 5.91. The van der Waals surface area contributed by atoms with Crippen molar-refractivity contribution in [3.05, 3.63) is 89.2 Å². The van der Waals surface area contributed by atoms with Crippen LogP contribution >= 0.6 is 0 Å². The van der Waals surface area contributed by atoms with Gasteiger partial charge in [-0.3, -0.25) is 0 Å². The second-order valence-corrected chi connectivity index (χ2v) is 8.34. The molecule has 3 rings (SSSR count). The van der Waals surface area contributed by atoms with Gasteiger partial charge in [-0.15, -0.1) is 0 Å². The van der Waals surface area contributed by atoms with Gasteiger partial charge in [-0.1, -0.05) is 75.9 Å². The maximum atomic E-state index is 14.6. The first-order valence-electron chi connectivity index (χ1n) is 11.8. The molecule has 0 saturated heterocycles. The van der Waals surface area contributed by atoms with Crippen LogP contribution in [0.25, 0.3) is 11.1 Å². The van der Waals surface area contributed by atoms with Crippen molar-refractivity contribution in [3.63, 3.8) is 0 Å². The SMILES string of the molecule is CCCCCc1ccc(OC(=O)c2ccc(-c3ccc(CCCCC)cc3F)cc2)cc1. The Morgan fingerprint density at radius 2 is 1.34 bits per heavy atom. The van der Waals surface area contributed by atoms with E-state index in [1.165, 1.54) is 24.8 Å². The van der Waals surface area contributed by atoms with E-state index in [0.29, 0.717) is 16.9 Å². The Kier molecular flexibility index (Phi) is 9.03. The third-order valence-electron chi connectivity index (χ3n) is 5.74. The average molecular weight is 433 g/mol. The van der Waals surface area contributed by atoms with Crippen LogP contribution in [0.3, 0.4) is 0 Å². The van der Waals surface area contributed by atoms with Crippen molar-refractivity contribution in [2.75, 3.05) is 0 Å². The Bertz CT molecular complexity index is 991. The molecule has 0 aromatic heterocycles. The molecule has 3 aromatic carbocycles. The van der Waals surface area contributed by atoms with Gasteiger partial charge < -0.3 is 4.74 Å². The molecule has 0 saturated carbocycles. The van der Waals surface area contributed by atoms with Crippen LogP contribution in [-0.2, 0) is 12.8 Å². The number of carbonyl (C=O) groups excluding carboxylic acids is 1. The summed E-state index contributed by atoms with van der Waals surface area (Å²) >= 11 is 0. The predicted octanol–water partition coefficient (Wildman–Crippen LogP) is 8.18. The van der Waals surface area contributed by atoms with Gasteiger partial charge in [0, 0.05) is 5.56 Å². The van der Waals surface area contributed by atoms with Crippen LogP contribution in [0.1, 0.15) is 73.9 Å². The normalized spacial score (nSPS) is 10.8. The number of rotatable bonds is 11. The van der Waals surface area contributed by atoms with E-state index in [1.54, 1.807) is 30.3 Å². The Morgan fingerprint density at radius 3 is 1.94 bits per heavy atom. The minimum absolute atomic E-state index is 0.228. The molecule has 3 heteroatoms. The summed E-state index contributed by atoms with van der Waals surface area (Å²) in [6, 6.07) is 20.0. The standard InChI is InChI=1S/C29H33FO2/c1-3-5-7-9-22-11-18-26(19-12-22)32-29(31)25-16-14-24(15-17-25)27-20-13-23(21-28(27)30)10-8-6-4-2/h11-21H,3-10H2,1-2H3. The van der Waals surface area contributed by atoms with Crippen LogP contribution in [0.15, 0.2) is 66.7 Å². The highest BCUT2D eigenvalue weighted by Crippen LogP contribution is 2.25. The van der Waals surface area contributed by atoms with Crippen molar-refractivity contribution in [3.8, 4) is 16.9 Å². The molecule has 0 fully saturated rings. The van der Waals surface area contributed by atoms with Gasteiger partial charge >= 0.3 is 5.97 Å². The molecule has 0 atom stereocenters. The van der Waals surface area contributed by atoms with Crippen molar-refractivity contribution in [1.82, 2.24) is 0 Å². The zero-order chi connectivity index (χ0) is 22.8. The Balaban J connectivity index is 1.60. The maximum absolute atomic E-state index is 14.6. The summed E-state index contributed by atoms with van der Waals surface area (Å²) < 4.78 is 20.1. The highest BCUT2D eigenvalue weighted by atomic mass is 19.1.